The van der Waals surface area contributed by atoms with Crippen molar-refractivity contribution in [1.82, 2.24) is 14.8 Å². The topological polar surface area (TPSA) is 57.0 Å². The van der Waals surface area contributed by atoms with Crippen molar-refractivity contribution in [3.05, 3.63) is 48.3 Å². The second-order valence-electron chi connectivity index (χ2n) is 5.84. The maximum Gasteiger partial charge on any atom is 0.316 e. The van der Waals surface area contributed by atoms with Gasteiger partial charge in [0.1, 0.15) is 6.33 Å². The number of aromatic nitrogens is 3. The van der Waals surface area contributed by atoms with Crippen LogP contribution >= 0.6 is 11.8 Å². The van der Waals surface area contributed by atoms with Crippen molar-refractivity contribution < 1.29 is 9.53 Å². The molecule has 1 fully saturated rings. The third-order valence-corrected chi connectivity index (χ3v) is 5.19. The fourth-order valence-corrected chi connectivity index (χ4v) is 3.69. The molecule has 0 saturated heterocycles. The molecule has 2 aromatic carbocycles. The lowest BCUT2D eigenvalue weighted by atomic mass is 9.99. The van der Waals surface area contributed by atoms with Gasteiger partial charge in [-0.2, -0.15) is 0 Å². The zero-order chi connectivity index (χ0) is 20.5. The molecule has 1 heterocycles. The average Bonchev–Trinajstić information content (AvgIpc) is 3.51. The molecule has 0 bridgehead atoms. The molecule has 0 aliphatic heterocycles. The SMILES string of the molecule is CC.CC.COC(=O)CSc1nncn1-c1ccc(C2CC2)c2ccccc12. The van der Waals surface area contributed by atoms with Crippen molar-refractivity contribution >= 4 is 28.5 Å². The van der Waals surface area contributed by atoms with Crippen molar-refractivity contribution in [2.24, 2.45) is 0 Å². The highest BCUT2D eigenvalue weighted by Crippen LogP contribution is 2.44. The predicted molar refractivity (Wildman–Crippen MR) is 116 cm³/mol. The van der Waals surface area contributed by atoms with E-state index in [1.165, 1.54) is 48.0 Å². The predicted octanol–water partition coefficient (Wildman–Crippen LogP) is 5.62. The summed E-state index contributed by atoms with van der Waals surface area (Å²) < 4.78 is 6.63. The summed E-state index contributed by atoms with van der Waals surface area (Å²) in [4.78, 5) is 11.4. The number of thioether (sulfide) groups is 1. The van der Waals surface area contributed by atoms with E-state index in [1.54, 1.807) is 6.33 Å². The molecule has 150 valence electrons. The first-order valence-electron chi connectivity index (χ1n) is 9.89. The Morgan fingerprint density at radius 3 is 2.43 bits per heavy atom. The summed E-state index contributed by atoms with van der Waals surface area (Å²) in [6.07, 6.45) is 4.24. The number of rotatable bonds is 5. The van der Waals surface area contributed by atoms with Crippen molar-refractivity contribution in [3.63, 3.8) is 0 Å². The Morgan fingerprint density at radius 1 is 1.11 bits per heavy atom. The quantitative estimate of drug-likeness (QED) is 0.412. The van der Waals surface area contributed by atoms with Crippen molar-refractivity contribution in [1.29, 1.82) is 0 Å². The third kappa shape index (κ3) is 4.93. The molecule has 28 heavy (non-hydrogen) atoms. The second kappa shape index (κ2) is 10.9. The molecule has 1 saturated carbocycles. The largest absolute Gasteiger partial charge is 0.468 e. The van der Waals surface area contributed by atoms with Crippen LogP contribution in [0, 0.1) is 0 Å². The number of nitrogens with zero attached hydrogens (tertiary/aromatic N) is 3. The molecule has 0 spiro atoms. The number of hydrogen-bond donors (Lipinski definition) is 0. The van der Waals surface area contributed by atoms with Gasteiger partial charge in [-0.1, -0.05) is 69.8 Å². The van der Waals surface area contributed by atoms with Gasteiger partial charge in [-0.15, -0.1) is 10.2 Å². The van der Waals surface area contributed by atoms with E-state index in [-0.39, 0.29) is 11.7 Å². The van der Waals surface area contributed by atoms with Crippen molar-refractivity contribution in [2.75, 3.05) is 12.9 Å². The summed E-state index contributed by atoms with van der Waals surface area (Å²) in [5, 5.41) is 11.3. The number of methoxy groups -OCH3 is 1. The zero-order valence-corrected chi connectivity index (χ0v) is 18.1. The molecule has 0 unspecified atom stereocenters. The summed E-state index contributed by atoms with van der Waals surface area (Å²) in [7, 11) is 1.39. The number of hydrogen-bond acceptors (Lipinski definition) is 5. The van der Waals surface area contributed by atoms with E-state index in [0.717, 1.165) is 5.69 Å². The highest BCUT2D eigenvalue weighted by atomic mass is 32.2. The molecule has 1 aliphatic carbocycles. The lowest BCUT2D eigenvalue weighted by Gasteiger charge is -2.12. The molecule has 0 amide bonds. The van der Waals surface area contributed by atoms with E-state index < -0.39 is 0 Å². The number of esters is 1. The number of carbonyl (C=O) groups excluding carboxylic acids is 1. The van der Waals surface area contributed by atoms with E-state index >= 15 is 0 Å². The summed E-state index contributed by atoms with van der Waals surface area (Å²) >= 11 is 1.33. The van der Waals surface area contributed by atoms with E-state index in [1.807, 2.05) is 38.3 Å². The fourth-order valence-electron chi connectivity index (χ4n) is 2.94. The van der Waals surface area contributed by atoms with E-state index in [2.05, 4.69) is 40.5 Å². The summed E-state index contributed by atoms with van der Waals surface area (Å²) in [5.74, 6) is 0.634. The van der Waals surface area contributed by atoms with Crippen LogP contribution < -0.4 is 0 Å². The number of ether oxygens (including phenoxy) is 1. The van der Waals surface area contributed by atoms with Gasteiger partial charge in [0.25, 0.3) is 0 Å². The number of benzene rings is 2. The fraction of sp³-hybridized carbons (Fsp3) is 0.409. The Hall–Kier alpha value is -2.34. The van der Waals surface area contributed by atoms with Crippen LogP contribution in [0.3, 0.4) is 0 Å². The highest BCUT2D eigenvalue weighted by molar-refractivity contribution is 7.99. The minimum absolute atomic E-state index is 0.216. The van der Waals surface area contributed by atoms with Gasteiger partial charge in [-0.3, -0.25) is 9.36 Å². The summed E-state index contributed by atoms with van der Waals surface area (Å²) in [6, 6.07) is 12.8. The van der Waals surface area contributed by atoms with Crippen LogP contribution in [0.1, 0.15) is 52.0 Å². The van der Waals surface area contributed by atoms with Crippen LogP contribution in [0.2, 0.25) is 0 Å². The Morgan fingerprint density at radius 2 is 1.79 bits per heavy atom. The van der Waals surface area contributed by atoms with Crippen LogP contribution in [0.5, 0.6) is 0 Å². The standard InChI is InChI=1S/C18H17N3O2S.2C2H6/c1-23-17(22)10-24-18-20-19-11-21(18)16-9-8-13(12-6-7-12)14-4-2-3-5-15(14)16;2*1-2/h2-5,8-9,11-12H,6-7,10H2,1H3;2*1-2H3. The lowest BCUT2D eigenvalue weighted by Crippen LogP contribution is -2.05. The number of fused-ring (bicyclic) bond motifs is 1. The first kappa shape index (κ1) is 22.0. The molecule has 4 rings (SSSR count). The van der Waals surface area contributed by atoms with Crippen LogP contribution in [0.4, 0.5) is 0 Å². The first-order chi connectivity index (χ1) is 13.8. The van der Waals surface area contributed by atoms with Crippen LogP contribution in [-0.2, 0) is 9.53 Å². The molecule has 6 heteroatoms. The van der Waals surface area contributed by atoms with Crippen LogP contribution in [-0.4, -0.2) is 33.6 Å². The molecule has 1 aliphatic rings. The molecular formula is C22H29N3O2S. The zero-order valence-electron chi connectivity index (χ0n) is 17.3. The summed E-state index contributed by atoms with van der Waals surface area (Å²) in [5.41, 5.74) is 2.46. The first-order valence-corrected chi connectivity index (χ1v) is 10.9. The normalized spacial score (nSPS) is 12.5. The van der Waals surface area contributed by atoms with Gasteiger partial charge in [0.15, 0.2) is 5.16 Å². The van der Waals surface area contributed by atoms with Crippen molar-refractivity contribution in [2.45, 2.75) is 51.6 Å². The van der Waals surface area contributed by atoms with E-state index in [9.17, 15) is 4.79 Å². The smallest absolute Gasteiger partial charge is 0.316 e. The minimum Gasteiger partial charge on any atom is -0.468 e. The molecular weight excluding hydrogens is 370 g/mol. The molecule has 5 nitrogen and oxygen atoms in total. The minimum atomic E-state index is -0.275. The maximum atomic E-state index is 11.4. The average molecular weight is 400 g/mol. The third-order valence-electron chi connectivity index (χ3n) is 4.27. The number of carbonyl (C=O) groups is 1. The van der Waals surface area contributed by atoms with Gasteiger partial charge in [0, 0.05) is 5.39 Å². The van der Waals surface area contributed by atoms with Gasteiger partial charge < -0.3 is 4.74 Å². The second-order valence-corrected chi connectivity index (χ2v) is 6.78. The molecule has 3 aromatic rings. The Bertz CT molecular complexity index is 904. The van der Waals surface area contributed by atoms with Gasteiger partial charge >= 0.3 is 5.97 Å². The Kier molecular flexibility index (Phi) is 8.51. The van der Waals surface area contributed by atoms with Crippen molar-refractivity contribution in [3.8, 4) is 5.69 Å². The van der Waals surface area contributed by atoms with Gasteiger partial charge in [-0.25, -0.2) is 0 Å². The van der Waals surface area contributed by atoms with Gasteiger partial charge in [0.05, 0.1) is 18.6 Å². The molecule has 0 radical (unpaired) electrons. The molecule has 0 N–H and O–H groups in total. The highest BCUT2D eigenvalue weighted by Gasteiger charge is 2.26. The molecule has 0 atom stereocenters. The summed E-state index contributed by atoms with van der Waals surface area (Å²) in [6.45, 7) is 8.00. The Balaban J connectivity index is 0.000000660. The van der Waals surface area contributed by atoms with Gasteiger partial charge in [0.2, 0.25) is 0 Å². The maximum absolute atomic E-state index is 11.4. The van der Waals surface area contributed by atoms with E-state index in [4.69, 9.17) is 4.74 Å². The van der Waals surface area contributed by atoms with Gasteiger partial charge in [-0.05, 0) is 35.8 Å². The molecule has 1 aromatic heterocycles. The Labute approximate surface area is 171 Å². The van der Waals surface area contributed by atoms with Crippen LogP contribution in [0.15, 0.2) is 47.9 Å². The van der Waals surface area contributed by atoms with Crippen LogP contribution in [0.25, 0.3) is 16.5 Å². The monoisotopic (exact) mass is 399 g/mol. The van der Waals surface area contributed by atoms with E-state index in [0.29, 0.717) is 11.1 Å². The lowest BCUT2D eigenvalue weighted by molar-refractivity contribution is -0.137.